The molecule has 1 saturated heterocycles. The molecule has 0 aromatic carbocycles. The zero-order chi connectivity index (χ0) is 9.31. The van der Waals surface area contributed by atoms with E-state index in [0.29, 0.717) is 6.04 Å². The monoisotopic (exact) mass is 182 g/mol. The van der Waals surface area contributed by atoms with Crippen molar-refractivity contribution in [2.75, 3.05) is 13.1 Å². The Morgan fingerprint density at radius 2 is 1.92 bits per heavy atom. The SMILES string of the molecule is CCCC(N1CCCC1)C1(N)CC1. The van der Waals surface area contributed by atoms with Crippen LogP contribution in [0.15, 0.2) is 0 Å². The highest BCUT2D eigenvalue weighted by Crippen LogP contribution is 2.40. The van der Waals surface area contributed by atoms with Gasteiger partial charge in [0.2, 0.25) is 0 Å². The highest BCUT2D eigenvalue weighted by molar-refractivity contribution is 5.08. The fourth-order valence-corrected chi connectivity index (χ4v) is 2.64. The Hall–Kier alpha value is -0.0800. The van der Waals surface area contributed by atoms with Crippen LogP contribution in [0.3, 0.4) is 0 Å². The minimum atomic E-state index is 0.209. The summed E-state index contributed by atoms with van der Waals surface area (Å²) in [6.07, 6.45) is 7.87. The molecule has 0 spiro atoms. The van der Waals surface area contributed by atoms with Gasteiger partial charge in [0.1, 0.15) is 0 Å². The molecule has 2 aliphatic rings. The molecule has 0 aromatic heterocycles. The maximum absolute atomic E-state index is 6.32. The first-order valence-electron chi connectivity index (χ1n) is 5.79. The molecule has 2 heteroatoms. The van der Waals surface area contributed by atoms with Gasteiger partial charge in [0.25, 0.3) is 0 Å². The van der Waals surface area contributed by atoms with Gasteiger partial charge >= 0.3 is 0 Å². The van der Waals surface area contributed by atoms with E-state index >= 15 is 0 Å². The Bertz CT molecular complexity index is 169. The van der Waals surface area contributed by atoms with Crippen LogP contribution in [-0.2, 0) is 0 Å². The third-order valence-corrected chi connectivity index (χ3v) is 3.63. The Kier molecular flexibility index (Phi) is 2.61. The lowest BCUT2D eigenvalue weighted by Gasteiger charge is -2.32. The Balaban J connectivity index is 1.95. The van der Waals surface area contributed by atoms with Crippen molar-refractivity contribution in [1.82, 2.24) is 4.90 Å². The van der Waals surface area contributed by atoms with Crippen LogP contribution in [0.5, 0.6) is 0 Å². The van der Waals surface area contributed by atoms with Gasteiger partial charge in [-0.3, -0.25) is 4.90 Å². The largest absolute Gasteiger partial charge is 0.324 e. The molecule has 0 amide bonds. The van der Waals surface area contributed by atoms with Crippen molar-refractivity contribution in [3.05, 3.63) is 0 Å². The van der Waals surface area contributed by atoms with E-state index < -0.39 is 0 Å². The summed E-state index contributed by atoms with van der Waals surface area (Å²) in [5.74, 6) is 0. The summed E-state index contributed by atoms with van der Waals surface area (Å²) in [6, 6.07) is 0.694. The first-order valence-corrected chi connectivity index (χ1v) is 5.79. The lowest BCUT2D eigenvalue weighted by Crippen LogP contribution is -2.48. The first kappa shape index (κ1) is 9.47. The van der Waals surface area contributed by atoms with Gasteiger partial charge in [-0.25, -0.2) is 0 Å². The molecule has 1 unspecified atom stereocenters. The fourth-order valence-electron chi connectivity index (χ4n) is 2.64. The summed E-state index contributed by atoms with van der Waals surface area (Å²) in [5.41, 5.74) is 6.52. The summed E-state index contributed by atoms with van der Waals surface area (Å²) in [4.78, 5) is 2.64. The maximum atomic E-state index is 6.32. The van der Waals surface area contributed by atoms with Gasteiger partial charge in [0.05, 0.1) is 0 Å². The number of rotatable bonds is 4. The van der Waals surface area contributed by atoms with Crippen molar-refractivity contribution in [3.63, 3.8) is 0 Å². The number of likely N-dealkylation sites (tertiary alicyclic amines) is 1. The summed E-state index contributed by atoms with van der Waals surface area (Å²) in [6.45, 7) is 4.86. The van der Waals surface area contributed by atoms with Crippen molar-refractivity contribution in [2.45, 2.75) is 57.0 Å². The summed E-state index contributed by atoms with van der Waals surface area (Å²) in [7, 11) is 0. The van der Waals surface area contributed by atoms with Crippen molar-refractivity contribution < 1.29 is 0 Å². The second kappa shape index (κ2) is 3.58. The van der Waals surface area contributed by atoms with Gasteiger partial charge in [0, 0.05) is 11.6 Å². The van der Waals surface area contributed by atoms with Crippen LogP contribution < -0.4 is 5.73 Å². The van der Waals surface area contributed by atoms with Gasteiger partial charge in [0.15, 0.2) is 0 Å². The molecule has 0 aromatic rings. The predicted octanol–water partition coefficient (Wildman–Crippen LogP) is 1.74. The molecule has 13 heavy (non-hydrogen) atoms. The van der Waals surface area contributed by atoms with E-state index in [0.717, 1.165) is 0 Å². The average Bonchev–Trinajstić information content (AvgIpc) is 2.70. The van der Waals surface area contributed by atoms with Crippen LogP contribution in [-0.4, -0.2) is 29.6 Å². The van der Waals surface area contributed by atoms with Crippen LogP contribution in [0.4, 0.5) is 0 Å². The number of nitrogens with zero attached hydrogens (tertiary/aromatic N) is 1. The van der Waals surface area contributed by atoms with E-state index in [1.165, 1.54) is 51.6 Å². The Labute approximate surface area is 81.5 Å². The lowest BCUT2D eigenvalue weighted by atomic mass is 10.0. The van der Waals surface area contributed by atoms with Crippen LogP contribution >= 0.6 is 0 Å². The van der Waals surface area contributed by atoms with Crippen molar-refractivity contribution in [2.24, 2.45) is 5.73 Å². The number of hydrogen-bond acceptors (Lipinski definition) is 2. The number of hydrogen-bond donors (Lipinski definition) is 1. The molecule has 0 bridgehead atoms. The van der Waals surface area contributed by atoms with E-state index in [2.05, 4.69) is 11.8 Å². The topological polar surface area (TPSA) is 29.3 Å². The Morgan fingerprint density at radius 1 is 1.31 bits per heavy atom. The van der Waals surface area contributed by atoms with E-state index in [4.69, 9.17) is 5.73 Å². The molecular formula is C11H22N2. The lowest BCUT2D eigenvalue weighted by molar-refractivity contribution is 0.188. The molecule has 0 radical (unpaired) electrons. The van der Waals surface area contributed by atoms with Crippen molar-refractivity contribution >= 4 is 0 Å². The second-order valence-electron chi connectivity index (χ2n) is 4.78. The minimum absolute atomic E-state index is 0.209. The van der Waals surface area contributed by atoms with Gasteiger partial charge in [-0.2, -0.15) is 0 Å². The van der Waals surface area contributed by atoms with Crippen LogP contribution in [0.1, 0.15) is 45.4 Å². The quantitative estimate of drug-likeness (QED) is 0.717. The van der Waals surface area contributed by atoms with Crippen LogP contribution in [0.25, 0.3) is 0 Å². The van der Waals surface area contributed by atoms with E-state index in [-0.39, 0.29) is 5.54 Å². The standard InChI is InChI=1S/C11H22N2/c1-2-5-10(11(12)6-7-11)13-8-3-4-9-13/h10H,2-9,12H2,1H3. The first-order chi connectivity index (χ1) is 6.26. The molecule has 2 fully saturated rings. The Morgan fingerprint density at radius 3 is 2.38 bits per heavy atom. The molecular weight excluding hydrogens is 160 g/mol. The summed E-state index contributed by atoms with van der Waals surface area (Å²) >= 11 is 0. The fraction of sp³-hybridized carbons (Fsp3) is 1.00. The third kappa shape index (κ3) is 1.89. The molecule has 1 saturated carbocycles. The van der Waals surface area contributed by atoms with Crippen LogP contribution in [0.2, 0.25) is 0 Å². The minimum Gasteiger partial charge on any atom is -0.324 e. The van der Waals surface area contributed by atoms with E-state index in [1.54, 1.807) is 0 Å². The molecule has 1 aliphatic carbocycles. The summed E-state index contributed by atoms with van der Waals surface area (Å²) in [5, 5.41) is 0. The molecule has 1 aliphatic heterocycles. The van der Waals surface area contributed by atoms with Gasteiger partial charge in [-0.1, -0.05) is 13.3 Å². The zero-order valence-corrected chi connectivity index (χ0v) is 8.76. The summed E-state index contributed by atoms with van der Waals surface area (Å²) < 4.78 is 0. The highest BCUT2D eigenvalue weighted by atomic mass is 15.2. The normalized spacial score (nSPS) is 29.1. The molecule has 1 atom stereocenters. The third-order valence-electron chi connectivity index (χ3n) is 3.63. The van der Waals surface area contributed by atoms with E-state index in [1.807, 2.05) is 0 Å². The van der Waals surface area contributed by atoms with Crippen molar-refractivity contribution in [3.8, 4) is 0 Å². The smallest absolute Gasteiger partial charge is 0.0313 e. The molecule has 76 valence electrons. The average molecular weight is 182 g/mol. The molecule has 2 N–H and O–H groups in total. The van der Waals surface area contributed by atoms with Gasteiger partial charge in [-0.05, 0) is 45.2 Å². The van der Waals surface area contributed by atoms with Gasteiger partial charge in [-0.15, -0.1) is 0 Å². The van der Waals surface area contributed by atoms with Crippen LogP contribution in [0, 0.1) is 0 Å². The molecule has 2 rings (SSSR count). The van der Waals surface area contributed by atoms with E-state index in [9.17, 15) is 0 Å². The predicted molar refractivity (Wildman–Crippen MR) is 55.7 cm³/mol. The number of nitrogens with two attached hydrogens (primary N) is 1. The molecule has 2 nitrogen and oxygen atoms in total. The maximum Gasteiger partial charge on any atom is 0.0313 e. The highest BCUT2D eigenvalue weighted by Gasteiger charge is 2.47. The second-order valence-corrected chi connectivity index (χ2v) is 4.78. The van der Waals surface area contributed by atoms with Crippen molar-refractivity contribution in [1.29, 1.82) is 0 Å². The van der Waals surface area contributed by atoms with Gasteiger partial charge < -0.3 is 5.73 Å². The molecule has 1 heterocycles. The zero-order valence-electron chi connectivity index (χ0n) is 8.76.